The first-order chi connectivity index (χ1) is 8.62. The molecule has 0 aliphatic carbocycles. The Hall–Kier alpha value is -1.10. The summed E-state index contributed by atoms with van der Waals surface area (Å²) in [6.45, 7) is 5.40. The van der Waals surface area contributed by atoms with Crippen LogP contribution < -0.4 is 15.8 Å². The highest BCUT2D eigenvalue weighted by Crippen LogP contribution is 2.22. The first-order valence-corrected chi connectivity index (χ1v) is 6.23. The molecule has 2 unspecified atom stereocenters. The SMILES string of the molecule is COc1ccc(C(CN)NCC(C)OC)cc1C. The van der Waals surface area contributed by atoms with Gasteiger partial charge < -0.3 is 20.5 Å². The molecule has 1 aromatic rings. The summed E-state index contributed by atoms with van der Waals surface area (Å²) in [5.74, 6) is 0.903. The van der Waals surface area contributed by atoms with Gasteiger partial charge in [0.2, 0.25) is 0 Å². The molecule has 0 spiro atoms. The number of benzene rings is 1. The van der Waals surface area contributed by atoms with Crippen molar-refractivity contribution in [3.05, 3.63) is 29.3 Å². The lowest BCUT2D eigenvalue weighted by Gasteiger charge is -2.20. The highest BCUT2D eigenvalue weighted by Gasteiger charge is 2.12. The van der Waals surface area contributed by atoms with Gasteiger partial charge in [-0.1, -0.05) is 12.1 Å². The second kappa shape index (κ2) is 7.36. The fourth-order valence-electron chi connectivity index (χ4n) is 1.85. The van der Waals surface area contributed by atoms with Gasteiger partial charge in [-0.25, -0.2) is 0 Å². The van der Waals surface area contributed by atoms with Crippen molar-refractivity contribution in [3.63, 3.8) is 0 Å². The summed E-state index contributed by atoms with van der Waals surface area (Å²) in [5.41, 5.74) is 8.12. The van der Waals surface area contributed by atoms with Crippen molar-refractivity contribution in [2.75, 3.05) is 27.3 Å². The number of hydrogen-bond donors (Lipinski definition) is 2. The summed E-state index contributed by atoms with van der Waals surface area (Å²) in [4.78, 5) is 0. The monoisotopic (exact) mass is 252 g/mol. The van der Waals surface area contributed by atoms with Gasteiger partial charge in [0.25, 0.3) is 0 Å². The number of ether oxygens (including phenoxy) is 2. The summed E-state index contributed by atoms with van der Waals surface area (Å²) in [6, 6.07) is 6.29. The Kier molecular flexibility index (Phi) is 6.12. The van der Waals surface area contributed by atoms with Gasteiger partial charge in [-0.2, -0.15) is 0 Å². The van der Waals surface area contributed by atoms with Crippen molar-refractivity contribution >= 4 is 0 Å². The lowest BCUT2D eigenvalue weighted by molar-refractivity contribution is 0.114. The quantitative estimate of drug-likeness (QED) is 0.774. The minimum Gasteiger partial charge on any atom is -0.496 e. The van der Waals surface area contributed by atoms with E-state index in [0.717, 1.165) is 17.9 Å². The molecular weight excluding hydrogens is 228 g/mol. The average molecular weight is 252 g/mol. The smallest absolute Gasteiger partial charge is 0.121 e. The van der Waals surface area contributed by atoms with Crippen LogP contribution in [-0.2, 0) is 4.74 Å². The van der Waals surface area contributed by atoms with Gasteiger partial charge in [0.05, 0.1) is 13.2 Å². The summed E-state index contributed by atoms with van der Waals surface area (Å²) >= 11 is 0. The largest absolute Gasteiger partial charge is 0.496 e. The molecule has 0 saturated heterocycles. The van der Waals surface area contributed by atoms with Gasteiger partial charge in [0, 0.05) is 26.2 Å². The molecule has 0 fully saturated rings. The molecule has 0 amide bonds. The van der Waals surface area contributed by atoms with Crippen LogP contribution in [0.3, 0.4) is 0 Å². The Morgan fingerprint density at radius 3 is 2.56 bits per heavy atom. The molecule has 4 heteroatoms. The molecule has 18 heavy (non-hydrogen) atoms. The average Bonchev–Trinajstić information content (AvgIpc) is 2.39. The van der Waals surface area contributed by atoms with E-state index in [4.69, 9.17) is 15.2 Å². The molecular formula is C14H24N2O2. The Balaban J connectivity index is 2.72. The number of rotatable bonds is 7. The van der Waals surface area contributed by atoms with Crippen molar-refractivity contribution in [2.24, 2.45) is 5.73 Å². The molecule has 0 aliphatic rings. The van der Waals surface area contributed by atoms with E-state index in [1.165, 1.54) is 5.56 Å². The van der Waals surface area contributed by atoms with E-state index in [2.05, 4.69) is 11.4 Å². The molecule has 0 heterocycles. The Bertz CT molecular complexity index is 369. The normalized spacial score (nSPS) is 14.3. The zero-order valence-corrected chi connectivity index (χ0v) is 11.7. The molecule has 0 aromatic heterocycles. The molecule has 3 N–H and O–H groups in total. The van der Waals surface area contributed by atoms with Crippen LogP contribution in [0.15, 0.2) is 18.2 Å². The second-order valence-electron chi connectivity index (χ2n) is 4.47. The van der Waals surface area contributed by atoms with Crippen LogP contribution in [0.2, 0.25) is 0 Å². The van der Waals surface area contributed by atoms with Gasteiger partial charge in [-0.3, -0.25) is 0 Å². The van der Waals surface area contributed by atoms with Gasteiger partial charge in [-0.15, -0.1) is 0 Å². The van der Waals surface area contributed by atoms with E-state index in [9.17, 15) is 0 Å². The van der Waals surface area contributed by atoms with Crippen molar-refractivity contribution < 1.29 is 9.47 Å². The molecule has 4 nitrogen and oxygen atoms in total. The van der Waals surface area contributed by atoms with Crippen LogP contribution in [0.25, 0.3) is 0 Å². The van der Waals surface area contributed by atoms with Gasteiger partial charge in [0.15, 0.2) is 0 Å². The Morgan fingerprint density at radius 2 is 2.06 bits per heavy atom. The Morgan fingerprint density at radius 1 is 1.33 bits per heavy atom. The molecule has 0 aliphatic heterocycles. The highest BCUT2D eigenvalue weighted by molar-refractivity contribution is 5.37. The minimum absolute atomic E-state index is 0.146. The van der Waals surface area contributed by atoms with Crippen molar-refractivity contribution in [1.29, 1.82) is 0 Å². The minimum atomic E-state index is 0.146. The first kappa shape index (κ1) is 15.0. The fourth-order valence-corrected chi connectivity index (χ4v) is 1.85. The predicted molar refractivity (Wildman–Crippen MR) is 74.0 cm³/mol. The number of hydrogen-bond acceptors (Lipinski definition) is 4. The molecule has 2 atom stereocenters. The topological polar surface area (TPSA) is 56.5 Å². The van der Waals surface area contributed by atoms with Gasteiger partial charge in [0.1, 0.15) is 5.75 Å². The van der Waals surface area contributed by atoms with E-state index in [1.54, 1.807) is 14.2 Å². The fraction of sp³-hybridized carbons (Fsp3) is 0.571. The molecule has 0 radical (unpaired) electrons. The van der Waals surface area contributed by atoms with E-state index in [0.29, 0.717) is 6.54 Å². The maximum absolute atomic E-state index is 5.82. The third-order valence-electron chi connectivity index (χ3n) is 3.11. The molecule has 0 saturated carbocycles. The number of aryl methyl sites for hydroxylation is 1. The zero-order chi connectivity index (χ0) is 13.5. The molecule has 102 valence electrons. The van der Waals surface area contributed by atoms with Crippen LogP contribution >= 0.6 is 0 Å². The highest BCUT2D eigenvalue weighted by atomic mass is 16.5. The van der Waals surface area contributed by atoms with E-state index in [-0.39, 0.29) is 12.1 Å². The molecule has 1 rings (SSSR count). The number of nitrogens with two attached hydrogens (primary N) is 1. The number of methoxy groups -OCH3 is 2. The lowest BCUT2D eigenvalue weighted by atomic mass is 10.0. The van der Waals surface area contributed by atoms with Crippen LogP contribution in [0.4, 0.5) is 0 Å². The van der Waals surface area contributed by atoms with Crippen LogP contribution in [0.1, 0.15) is 24.1 Å². The third-order valence-corrected chi connectivity index (χ3v) is 3.11. The van der Waals surface area contributed by atoms with Crippen LogP contribution in [0, 0.1) is 6.92 Å². The maximum Gasteiger partial charge on any atom is 0.121 e. The van der Waals surface area contributed by atoms with E-state index in [1.807, 2.05) is 26.0 Å². The lowest BCUT2D eigenvalue weighted by Crippen LogP contribution is -2.34. The third kappa shape index (κ3) is 3.98. The van der Waals surface area contributed by atoms with Crippen molar-refractivity contribution in [2.45, 2.75) is 26.0 Å². The summed E-state index contributed by atoms with van der Waals surface area (Å²) < 4.78 is 10.5. The van der Waals surface area contributed by atoms with Crippen LogP contribution in [0.5, 0.6) is 5.75 Å². The van der Waals surface area contributed by atoms with Gasteiger partial charge >= 0.3 is 0 Å². The zero-order valence-electron chi connectivity index (χ0n) is 11.7. The van der Waals surface area contributed by atoms with Crippen LogP contribution in [-0.4, -0.2) is 33.4 Å². The van der Waals surface area contributed by atoms with Crippen molar-refractivity contribution in [3.8, 4) is 5.75 Å². The van der Waals surface area contributed by atoms with E-state index >= 15 is 0 Å². The Labute approximate surface area is 109 Å². The second-order valence-corrected chi connectivity index (χ2v) is 4.47. The molecule has 0 bridgehead atoms. The maximum atomic E-state index is 5.82. The summed E-state index contributed by atoms with van der Waals surface area (Å²) in [7, 11) is 3.39. The first-order valence-electron chi connectivity index (χ1n) is 6.23. The standard InChI is InChI=1S/C14H24N2O2/c1-10-7-12(5-6-14(10)18-4)13(8-15)16-9-11(2)17-3/h5-7,11,13,16H,8-9,15H2,1-4H3. The molecule has 1 aromatic carbocycles. The van der Waals surface area contributed by atoms with E-state index < -0.39 is 0 Å². The predicted octanol–water partition coefficient (Wildman–Crippen LogP) is 1.63. The summed E-state index contributed by atoms with van der Waals surface area (Å²) in [5, 5.41) is 3.41. The number of nitrogens with one attached hydrogen (secondary N) is 1. The van der Waals surface area contributed by atoms with Gasteiger partial charge in [-0.05, 0) is 31.0 Å². The summed E-state index contributed by atoms with van der Waals surface area (Å²) in [6.07, 6.45) is 0.179. The van der Waals surface area contributed by atoms with Crippen molar-refractivity contribution in [1.82, 2.24) is 5.32 Å².